The zero-order valence-corrected chi connectivity index (χ0v) is 9.28. The summed E-state index contributed by atoms with van der Waals surface area (Å²) in [7, 11) is 1.74. The van der Waals surface area contributed by atoms with Crippen molar-refractivity contribution < 1.29 is 9.59 Å². The number of carbonyl (C=O) groups is 2. The van der Waals surface area contributed by atoms with Crippen LogP contribution in [-0.2, 0) is 9.59 Å². The number of amides is 2. The van der Waals surface area contributed by atoms with E-state index >= 15 is 0 Å². The first-order valence-electron chi connectivity index (χ1n) is 4.87. The Labute approximate surface area is 89.3 Å². The summed E-state index contributed by atoms with van der Waals surface area (Å²) in [6, 6.07) is 0. The van der Waals surface area contributed by atoms with Crippen LogP contribution in [0, 0.1) is 0 Å². The van der Waals surface area contributed by atoms with E-state index in [0.29, 0.717) is 6.42 Å². The monoisotopic (exact) mass is 211 g/mol. The molecular formula is C10H17N3O2. The topological polar surface area (TPSA) is 75.4 Å². The van der Waals surface area contributed by atoms with Gasteiger partial charge in [0.15, 0.2) is 0 Å². The molecule has 0 fully saturated rings. The maximum absolute atomic E-state index is 11.5. The lowest BCUT2D eigenvalue weighted by Gasteiger charge is -2.35. The van der Waals surface area contributed by atoms with E-state index in [1.165, 1.54) is 17.1 Å². The van der Waals surface area contributed by atoms with Crippen molar-refractivity contribution in [3.8, 4) is 0 Å². The van der Waals surface area contributed by atoms with E-state index in [9.17, 15) is 9.59 Å². The molecule has 84 valence electrons. The average molecular weight is 211 g/mol. The third-order valence-corrected chi connectivity index (χ3v) is 2.50. The number of rotatable bonds is 4. The summed E-state index contributed by atoms with van der Waals surface area (Å²) in [5, 5.41) is 2.88. The van der Waals surface area contributed by atoms with Crippen molar-refractivity contribution in [1.82, 2.24) is 10.2 Å². The van der Waals surface area contributed by atoms with Crippen LogP contribution in [0.25, 0.3) is 0 Å². The summed E-state index contributed by atoms with van der Waals surface area (Å²) in [6.45, 7) is 3.65. The number of carbonyl (C=O) groups excluding carboxylic acids is 2. The molecule has 0 saturated carbocycles. The Hall–Kier alpha value is -1.20. The molecule has 3 N–H and O–H groups in total. The normalized spacial score (nSPS) is 18.8. The van der Waals surface area contributed by atoms with E-state index in [0.717, 1.165) is 0 Å². The summed E-state index contributed by atoms with van der Waals surface area (Å²) in [6.07, 6.45) is 2.85. The van der Waals surface area contributed by atoms with Crippen molar-refractivity contribution in [2.75, 3.05) is 7.05 Å². The van der Waals surface area contributed by atoms with Gasteiger partial charge in [0, 0.05) is 17.7 Å². The maximum atomic E-state index is 11.5. The predicted octanol–water partition coefficient (Wildman–Crippen LogP) is -0.416. The van der Waals surface area contributed by atoms with Crippen LogP contribution in [0.2, 0.25) is 0 Å². The van der Waals surface area contributed by atoms with Gasteiger partial charge in [-0.15, -0.1) is 0 Å². The second kappa shape index (κ2) is 4.12. The summed E-state index contributed by atoms with van der Waals surface area (Å²) in [5.74, 6) is -0.540. The molecule has 0 radical (unpaired) electrons. The molecule has 1 atom stereocenters. The van der Waals surface area contributed by atoms with Crippen molar-refractivity contribution in [1.29, 1.82) is 0 Å². The highest BCUT2D eigenvalue weighted by atomic mass is 16.2. The largest absolute Gasteiger partial charge is 0.316 e. The summed E-state index contributed by atoms with van der Waals surface area (Å²) in [5.41, 5.74) is 5.17. The Morgan fingerprint density at radius 2 is 1.87 bits per heavy atom. The van der Waals surface area contributed by atoms with Crippen molar-refractivity contribution in [3.63, 3.8) is 0 Å². The minimum Gasteiger partial charge on any atom is -0.316 e. The highest BCUT2D eigenvalue weighted by molar-refractivity contribution is 6.13. The number of nitrogens with one attached hydrogen (secondary N) is 1. The van der Waals surface area contributed by atoms with E-state index in [-0.39, 0.29) is 18.0 Å². The standard InChI is InChI=1S/C10H17N3O2/c1-10(2,6-7(11)12-3)13-8(14)4-5-9(13)15/h4-5,7,12H,6,11H2,1-3H3. The molecule has 1 rings (SSSR count). The summed E-state index contributed by atoms with van der Waals surface area (Å²) in [4.78, 5) is 24.2. The maximum Gasteiger partial charge on any atom is 0.254 e. The molecule has 0 aromatic rings. The van der Waals surface area contributed by atoms with Crippen LogP contribution >= 0.6 is 0 Å². The van der Waals surface area contributed by atoms with Gasteiger partial charge in [-0.3, -0.25) is 14.5 Å². The fraction of sp³-hybridized carbons (Fsp3) is 0.600. The van der Waals surface area contributed by atoms with E-state index in [1.807, 2.05) is 13.8 Å². The van der Waals surface area contributed by atoms with Gasteiger partial charge in [-0.05, 0) is 27.3 Å². The molecule has 1 aliphatic rings. The quantitative estimate of drug-likeness (QED) is 0.489. The van der Waals surface area contributed by atoms with Gasteiger partial charge in [0.05, 0.1) is 6.17 Å². The van der Waals surface area contributed by atoms with E-state index in [4.69, 9.17) is 5.73 Å². The van der Waals surface area contributed by atoms with Crippen molar-refractivity contribution in [3.05, 3.63) is 12.2 Å². The number of hydrogen-bond donors (Lipinski definition) is 2. The molecule has 0 aromatic carbocycles. The zero-order valence-electron chi connectivity index (χ0n) is 9.28. The minimum absolute atomic E-state index is 0.235. The van der Waals surface area contributed by atoms with Crippen LogP contribution in [0.5, 0.6) is 0 Å². The van der Waals surface area contributed by atoms with Gasteiger partial charge in [-0.1, -0.05) is 0 Å². The second-order valence-electron chi connectivity index (χ2n) is 4.26. The molecule has 5 nitrogen and oxygen atoms in total. The van der Waals surface area contributed by atoms with Gasteiger partial charge >= 0.3 is 0 Å². The molecule has 0 aliphatic carbocycles. The molecule has 1 aliphatic heterocycles. The molecule has 2 amide bonds. The fourth-order valence-electron chi connectivity index (χ4n) is 1.73. The lowest BCUT2D eigenvalue weighted by molar-refractivity contribution is -0.143. The smallest absolute Gasteiger partial charge is 0.254 e. The Bertz CT molecular complexity index is 292. The van der Waals surface area contributed by atoms with Crippen molar-refractivity contribution >= 4 is 11.8 Å². The molecular weight excluding hydrogens is 194 g/mol. The summed E-state index contributed by atoms with van der Waals surface area (Å²) >= 11 is 0. The van der Waals surface area contributed by atoms with Crippen LogP contribution in [0.3, 0.4) is 0 Å². The number of imide groups is 1. The average Bonchev–Trinajstić information content (AvgIpc) is 2.45. The Morgan fingerprint density at radius 3 is 2.27 bits per heavy atom. The second-order valence-corrected chi connectivity index (χ2v) is 4.26. The highest BCUT2D eigenvalue weighted by Crippen LogP contribution is 2.23. The van der Waals surface area contributed by atoms with Gasteiger partial charge in [0.25, 0.3) is 11.8 Å². The van der Waals surface area contributed by atoms with Crippen LogP contribution in [0.1, 0.15) is 20.3 Å². The van der Waals surface area contributed by atoms with E-state index < -0.39 is 5.54 Å². The third-order valence-electron chi connectivity index (χ3n) is 2.50. The first kappa shape index (κ1) is 11.9. The molecule has 15 heavy (non-hydrogen) atoms. The Kier molecular flexibility index (Phi) is 3.26. The SMILES string of the molecule is CNC(N)CC(C)(C)N1C(=O)C=CC1=O. The van der Waals surface area contributed by atoms with Gasteiger partial charge < -0.3 is 11.1 Å². The molecule has 0 saturated heterocycles. The van der Waals surface area contributed by atoms with E-state index in [2.05, 4.69) is 5.32 Å². The molecule has 1 heterocycles. The van der Waals surface area contributed by atoms with Crippen LogP contribution in [-0.4, -0.2) is 35.5 Å². The Morgan fingerprint density at radius 1 is 1.40 bits per heavy atom. The molecule has 0 aromatic heterocycles. The van der Waals surface area contributed by atoms with Crippen LogP contribution < -0.4 is 11.1 Å². The highest BCUT2D eigenvalue weighted by Gasteiger charge is 2.37. The van der Waals surface area contributed by atoms with Crippen molar-refractivity contribution in [2.24, 2.45) is 5.73 Å². The Balaban J connectivity index is 2.77. The number of hydrogen-bond acceptors (Lipinski definition) is 4. The molecule has 1 unspecified atom stereocenters. The molecule has 0 spiro atoms. The van der Waals surface area contributed by atoms with E-state index in [1.54, 1.807) is 7.05 Å². The van der Waals surface area contributed by atoms with Crippen molar-refractivity contribution in [2.45, 2.75) is 32.0 Å². The van der Waals surface area contributed by atoms with Gasteiger partial charge in [-0.2, -0.15) is 0 Å². The first-order valence-corrected chi connectivity index (χ1v) is 4.87. The van der Waals surface area contributed by atoms with Crippen LogP contribution in [0.15, 0.2) is 12.2 Å². The number of nitrogens with two attached hydrogens (primary N) is 1. The summed E-state index contributed by atoms with van der Waals surface area (Å²) < 4.78 is 0. The van der Waals surface area contributed by atoms with Gasteiger partial charge in [0.2, 0.25) is 0 Å². The minimum atomic E-state index is -0.569. The molecule has 5 heteroatoms. The lowest BCUT2D eigenvalue weighted by atomic mass is 9.96. The van der Waals surface area contributed by atoms with Gasteiger partial charge in [-0.25, -0.2) is 0 Å². The first-order chi connectivity index (χ1) is 6.88. The molecule has 0 bridgehead atoms. The number of nitrogens with zero attached hydrogens (tertiary/aromatic N) is 1. The third kappa shape index (κ3) is 2.43. The fourth-order valence-corrected chi connectivity index (χ4v) is 1.73. The van der Waals surface area contributed by atoms with Crippen LogP contribution in [0.4, 0.5) is 0 Å². The van der Waals surface area contributed by atoms with Gasteiger partial charge in [0.1, 0.15) is 0 Å². The zero-order chi connectivity index (χ0) is 11.6. The predicted molar refractivity (Wildman–Crippen MR) is 56.7 cm³/mol. The lowest BCUT2D eigenvalue weighted by Crippen LogP contribution is -2.52.